The van der Waals surface area contributed by atoms with Crippen LogP contribution in [0.25, 0.3) is 0 Å². The van der Waals surface area contributed by atoms with E-state index in [1.165, 1.54) is 4.31 Å². The van der Waals surface area contributed by atoms with Gasteiger partial charge in [-0.1, -0.05) is 61.9 Å². The number of carbonyl (C=O) groups excluding carboxylic acids is 1. The predicted molar refractivity (Wildman–Crippen MR) is 145 cm³/mol. The van der Waals surface area contributed by atoms with Gasteiger partial charge in [0, 0.05) is 26.1 Å². The molecule has 0 bridgehead atoms. The molecule has 38 heavy (non-hydrogen) atoms. The second-order valence-corrected chi connectivity index (χ2v) is 12.9. The second kappa shape index (κ2) is 12.6. The van der Waals surface area contributed by atoms with Gasteiger partial charge in [0.25, 0.3) is 0 Å². The molecule has 9 heteroatoms. The van der Waals surface area contributed by atoms with Crippen molar-refractivity contribution in [1.82, 2.24) is 9.62 Å². The monoisotopic (exact) mass is 544 g/mol. The van der Waals surface area contributed by atoms with Crippen LogP contribution in [0, 0.1) is 18.8 Å². The molecular weight excluding hydrogens is 504 g/mol. The van der Waals surface area contributed by atoms with E-state index in [0.717, 1.165) is 30.6 Å². The lowest BCUT2D eigenvalue weighted by Crippen LogP contribution is -2.51. The van der Waals surface area contributed by atoms with Gasteiger partial charge in [0.15, 0.2) is 0 Å². The molecule has 1 amide bonds. The van der Waals surface area contributed by atoms with E-state index in [1.807, 2.05) is 51.1 Å². The summed E-state index contributed by atoms with van der Waals surface area (Å²) in [4.78, 5) is 13.1. The number of nitrogens with zero attached hydrogens (tertiary/aromatic N) is 1. The zero-order valence-electron chi connectivity index (χ0n) is 22.5. The number of aliphatic hydroxyl groups excluding tert-OH is 1. The Balaban J connectivity index is 1.49. The van der Waals surface area contributed by atoms with Crippen LogP contribution in [0.2, 0.25) is 0 Å². The first-order valence-corrected chi connectivity index (χ1v) is 14.9. The molecule has 1 heterocycles. The Morgan fingerprint density at radius 3 is 2.47 bits per heavy atom. The third kappa shape index (κ3) is 7.34. The van der Waals surface area contributed by atoms with Crippen LogP contribution in [0.3, 0.4) is 0 Å². The van der Waals surface area contributed by atoms with Crippen LogP contribution >= 0.6 is 0 Å². The van der Waals surface area contributed by atoms with E-state index in [9.17, 15) is 18.3 Å². The normalized spacial score (nSPS) is 22.8. The Morgan fingerprint density at radius 1 is 1.11 bits per heavy atom. The summed E-state index contributed by atoms with van der Waals surface area (Å²) >= 11 is 0. The molecule has 1 aliphatic carbocycles. The number of fused-ring (bicyclic) bond motifs is 1. The number of hydrogen-bond donors (Lipinski definition) is 2. The number of carbonyl (C=O) groups is 1. The maximum absolute atomic E-state index is 13.5. The first kappa shape index (κ1) is 28.5. The number of ether oxygens (including phenoxy) is 2. The summed E-state index contributed by atoms with van der Waals surface area (Å²) in [5, 5.41) is 14.2. The number of sulfonamides is 1. The van der Waals surface area contributed by atoms with Crippen LogP contribution in [0.5, 0.6) is 0 Å². The summed E-state index contributed by atoms with van der Waals surface area (Å²) in [6.45, 7) is 6.60. The highest BCUT2D eigenvalue weighted by atomic mass is 32.2. The van der Waals surface area contributed by atoms with Crippen molar-refractivity contribution in [3.8, 4) is 0 Å². The predicted octanol–water partition coefficient (Wildman–Crippen LogP) is 3.91. The van der Waals surface area contributed by atoms with E-state index in [0.29, 0.717) is 18.8 Å². The lowest BCUT2D eigenvalue weighted by Gasteiger charge is -2.31. The highest BCUT2D eigenvalue weighted by Gasteiger charge is 2.40. The molecule has 1 aliphatic heterocycles. The minimum atomic E-state index is -3.85. The quantitative estimate of drug-likeness (QED) is 0.445. The number of aryl methyl sites for hydroxylation is 1. The van der Waals surface area contributed by atoms with Crippen LogP contribution in [-0.4, -0.2) is 68.0 Å². The molecule has 0 spiro atoms. The van der Waals surface area contributed by atoms with Gasteiger partial charge in [0.05, 0.1) is 23.1 Å². The minimum Gasteiger partial charge on any atom is -0.446 e. The Labute approximate surface area is 226 Å². The molecule has 2 fully saturated rings. The average Bonchev–Trinajstić information content (AvgIpc) is 3.45. The van der Waals surface area contributed by atoms with Gasteiger partial charge in [-0.05, 0) is 55.7 Å². The van der Waals surface area contributed by atoms with Crippen molar-refractivity contribution in [1.29, 1.82) is 0 Å². The molecule has 2 aromatic carbocycles. The van der Waals surface area contributed by atoms with E-state index in [1.54, 1.807) is 24.3 Å². The van der Waals surface area contributed by atoms with Gasteiger partial charge < -0.3 is 19.9 Å². The first-order chi connectivity index (χ1) is 18.1. The summed E-state index contributed by atoms with van der Waals surface area (Å²) in [6, 6.07) is 15.4. The molecule has 1 unspecified atom stereocenters. The van der Waals surface area contributed by atoms with Gasteiger partial charge in [-0.25, -0.2) is 13.2 Å². The fourth-order valence-electron chi connectivity index (χ4n) is 5.37. The summed E-state index contributed by atoms with van der Waals surface area (Å²) in [6.07, 6.45) is 0.940. The number of alkyl carbamates (subject to hydrolysis) is 1. The Bertz CT molecular complexity index is 1140. The van der Waals surface area contributed by atoms with Crippen molar-refractivity contribution in [2.24, 2.45) is 11.8 Å². The van der Waals surface area contributed by atoms with Crippen LogP contribution < -0.4 is 5.32 Å². The zero-order valence-corrected chi connectivity index (χ0v) is 23.3. The maximum atomic E-state index is 13.5. The van der Waals surface area contributed by atoms with Crippen LogP contribution in [0.4, 0.5) is 4.79 Å². The molecule has 1 saturated heterocycles. The fraction of sp³-hybridized carbons (Fsp3) is 0.552. The van der Waals surface area contributed by atoms with Gasteiger partial charge in [0.2, 0.25) is 10.0 Å². The molecule has 0 aromatic heterocycles. The molecule has 2 N–H and O–H groups in total. The smallest absolute Gasteiger partial charge is 0.407 e. The SMILES string of the molecule is Cc1ccc(S(=O)(=O)N(CC(C)C)C[C@@H](O)[C@H](Cc2ccccc2)NC(=O)O[C@@H]2CC3CCO[C@@H]3C2)cc1. The summed E-state index contributed by atoms with van der Waals surface area (Å²) in [7, 11) is -3.85. The van der Waals surface area contributed by atoms with E-state index < -0.39 is 28.3 Å². The van der Waals surface area contributed by atoms with E-state index >= 15 is 0 Å². The molecule has 5 atom stereocenters. The van der Waals surface area contributed by atoms with E-state index in [2.05, 4.69) is 5.32 Å². The maximum Gasteiger partial charge on any atom is 0.407 e. The Morgan fingerprint density at radius 2 is 1.82 bits per heavy atom. The van der Waals surface area contributed by atoms with Gasteiger partial charge in [-0.15, -0.1) is 0 Å². The average molecular weight is 545 g/mol. The highest BCUT2D eigenvalue weighted by Crippen LogP contribution is 2.37. The van der Waals surface area contributed by atoms with Crippen molar-refractivity contribution in [2.45, 2.75) is 75.7 Å². The number of nitrogens with one attached hydrogen (secondary N) is 1. The summed E-state index contributed by atoms with van der Waals surface area (Å²) in [5.74, 6) is 0.465. The Hall–Kier alpha value is -2.46. The largest absolute Gasteiger partial charge is 0.446 e. The number of amides is 1. The molecule has 1 saturated carbocycles. The van der Waals surface area contributed by atoms with Crippen LogP contribution in [0.1, 0.15) is 44.2 Å². The molecule has 2 aliphatic rings. The van der Waals surface area contributed by atoms with E-state index in [-0.39, 0.29) is 36.1 Å². The lowest BCUT2D eigenvalue weighted by molar-refractivity contribution is 0.0554. The van der Waals surface area contributed by atoms with Gasteiger partial charge in [0.1, 0.15) is 6.10 Å². The molecule has 8 nitrogen and oxygen atoms in total. The molecule has 0 radical (unpaired) electrons. The molecule has 208 valence electrons. The van der Waals surface area contributed by atoms with Gasteiger partial charge in [-0.2, -0.15) is 4.31 Å². The van der Waals surface area contributed by atoms with Crippen molar-refractivity contribution < 1.29 is 27.8 Å². The topological polar surface area (TPSA) is 105 Å². The van der Waals surface area contributed by atoms with E-state index in [4.69, 9.17) is 9.47 Å². The first-order valence-electron chi connectivity index (χ1n) is 13.5. The van der Waals surface area contributed by atoms with Crippen molar-refractivity contribution in [3.63, 3.8) is 0 Å². The second-order valence-electron chi connectivity index (χ2n) is 11.0. The number of benzene rings is 2. The van der Waals surface area contributed by atoms with Gasteiger partial charge >= 0.3 is 6.09 Å². The summed E-state index contributed by atoms with van der Waals surface area (Å²) in [5.41, 5.74) is 1.87. The van der Waals surface area contributed by atoms with Crippen LogP contribution in [-0.2, 0) is 25.9 Å². The standard InChI is InChI=1S/C29H40N2O6S/c1-20(2)18-31(38(34,35)25-11-9-21(3)10-12-25)19-27(32)26(15-22-7-5-4-6-8-22)30-29(33)37-24-16-23-13-14-36-28(23)17-24/h4-12,20,23-24,26-28,32H,13-19H2,1-3H3,(H,30,33)/t23?,24-,26+,27-,28-/m1/s1. The van der Waals surface area contributed by atoms with Crippen LogP contribution in [0.15, 0.2) is 59.5 Å². The van der Waals surface area contributed by atoms with Crippen molar-refractivity contribution in [2.75, 3.05) is 19.7 Å². The van der Waals surface area contributed by atoms with Crippen molar-refractivity contribution >= 4 is 16.1 Å². The minimum absolute atomic E-state index is 0.0389. The fourth-order valence-corrected chi connectivity index (χ4v) is 6.99. The lowest BCUT2D eigenvalue weighted by atomic mass is 10.0. The number of aliphatic hydroxyl groups is 1. The number of rotatable bonds is 11. The third-order valence-corrected chi connectivity index (χ3v) is 9.21. The summed E-state index contributed by atoms with van der Waals surface area (Å²) < 4.78 is 39.8. The third-order valence-electron chi connectivity index (χ3n) is 7.37. The highest BCUT2D eigenvalue weighted by molar-refractivity contribution is 7.89. The molecular formula is C29H40N2O6S. The number of hydrogen-bond acceptors (Lipinski definition) is 6. The molecule has 4 rings (SSSR count). The molecule has 2 aromatic rings. The van der Waals surface area contributed by atoms with Gasteiger partial charge in [-0.3, -0.25) is 0 Å². The zero-order chi connectivity index (χ0) is 27.3. The Kier molecular flexibility index (Phi) is 9.46. The van der Waals surface area contributed by atoms with Crippen molar-refractivity contribution in [3.05, 3.63) is 65.7 Å².